The molecule has 1 unspecified atom stereocenters. The fourth-order valence-corrected chi connectivity index (χ4v) is 4.62. The first-order chi connectivity index (χ1) is 15.3. The third-order valence-electron chi connectivity index (χ3n) is 5.42. The third-order valence-corrected chi connectivity index (χ3v) is 6.34. The van der Waals surface area contributed by atoms with Gasteiger partial charge in [0.05, 0.1) is 0 Å². The van der Waals surface area contributed by atoms with Crippen LogP contribution in [-0.4, -0.2) is 20.9 Å². The number of rotatable bonds is 6. The number of nitrogens with zero attached hydrogens (tertiary/aromatic N) is 3. The lowest BCUT2D eigenvalue weighted by Gasteiger charge is -2.21. The van der Waals surface area contributed by atoms with Gasteiger partial charge in [0, 0.05) is 22.6 Å². The van der Waals surface area contributed by atoms with Crippen LogP contribution in [0, 0.1) is 0 Å². The highest BCUT2D eigenvalue weighted by atomic mass is 32.2. The number of benzene rings is 3. The molecule has 1 aliphatic heterocycles. The molecule has 0 amide bonds. The first kappa shape index (κ1) is 19.8. The number of hydrogen-bond donors (Lipinski definition) is 1. The van der Waals surface area contributed by atoms with E-state index in [4.69, 9.17) is 9.72 Å². The molecule has 1 aromatic heterocycles. The molecule has 5 nitrogen and oxygen atoms in total. The Hall–Kier alpha value is -3.12. The fraction of sp³-hybridized carbons (Fsp3) is 0.240. The van der Waals surface area contributed by atoms with Crippen LogP contribution >= 0.6 is 11.8 Å². The highest BCUT2D eigenvalue weighted by molar-refractivity contribution is 7.99. The normalized spacial score (nSPS) is 14.8. The number of ether oxygens (including phenoxy) is 1. The van der Waals surface area contributed by atoms with Crippen LogP contribution in [0.2, 0.25) is 0 Å². The van der Waals surface area contributed by atoms with Gasteiger partial charge < -0.3 is 10.1 Å². The smallest absolute Gasteiger partial charge is 0.247 e. The molecule has 0 saturated carbocycles. The Morgan fingerprint density at radius 1 is 0.935 bits per heavy atom. The molecule has 2 heterocycles. The molecule has 0 aliphatic carbocycles. The molecule has 0 radical (unpaired) electrons. The number of thioether (sulfide) groups is 1. The summed E-state index contributed by atoms with van der Waals surface area (Å²) in [5.74, 6) is 1.50. The van der Waals surface area contributed by atoms with Crippen molar-refractivity contribution in [2.24, 2.45) is 0 Å². The molecule has 5 rings (SSSR count). The second kappa shape index (κ2) is 8.94. The van der Waals surface area contributed by atoms with Crippen LogP contribution in [0.1, 0.15) is 38.0 Å². The molecule has 156 valence electrons. The van der Waals surface area contributed by atoms with E-state index in [0.717, 1.165) is 34.4 Å². The zero-order chi connectivity index (χ0) is 21.0. The standard InChI is InChI=1S/C25H24N4OS/c1-2-3-8-16-31-25-27-24-22(28-29-25)20-13-6-7-15-21(20)26-23(30-24)19-14-9-11-17-10-4-5-12-18(17)19/h4-7,9-15,23,26H,2-3,8,16H2,1H3. The molecule has 6 heteroatoms. The number of para-hydroxylation sites is 1. The third kappa shape index (κ3) is 4.08. The average Bonchev–Trinajstić information content (AvgIpc) is 2.98. The second-order valence-corrected chi connectivity index (χ2v) is 8.62. The predicted molar refractivity (Wildman–Crippen MR) is 126 cm³/mol. The van der Waals surface area contributed by atoms with Gasteiger partial charge in [-0.25, -0.2) is 0 Å². The SMILES string of the molecule is CCCCCSc1nnc2c(n1)OC(c1cccc3ccccc13)Nc1ccccc1-2. The van der Waals surface area contributed by atoms with E-state index in [1.54, 1.807) is 11.8 Å². The first-order valence-electron chi connectivity index (χ1n) is 10.7. The number of fused-ring (bicyclic) bond motifs is 4. The molecular weight excluding hydrogens is 404 g/mol. The molecule has 0 saturated heterocycles. The maximum atomic E-state index is 6.46. The maximum absolute atomic E-state index is 6.46. The highest BCUT2D eigenvalue weighted by Crippen LogP contribution is 2.40. The van der Waals surface area contributed by atoms with Crippen LogP contribution in [-0.2, 0) is 0 Å². The monoisotopic (exact) mass is 428 g/mol. The predicted octanol–water partition coefficient (Wildman–Crippen LogP) is 6.48. The van der Waals surface area contributed by atoms with Crippen molar-refractivity contribution in [2.45, 2.75) is 37.6 Å². The lowest BCUT2D eigenvalue weighted by Crippen LogP contribution is -2.17. The second-order valence-electron chi connectivity index (χ2n) is 7.56. The summed E-state index contributed by atoms with van der Waals surface area (Å²) in [4.78, 5) is 4.75. The molecule has 3 aromatic carbocycles. The molecule has 0 fully saturated rings. The van der Waals surface area contributed by atoms with Gasteiger partial charge in [0.1, 0.15) is 0 Å². The molecule has 4 aromatic rings. The molecule has 1 atom stereocenters. The molecule has 1 aliphatic rings. The van der Waals surface area contributed by atoms with E-state index < -0.39 is 0 Å². The summed E-state index contributed by atoms with van der Waals surface area (Å²) in [5, 5.41) is 15.4. The van der Waals surface area contributed by atoms with E-state index in [1.807, 2.05) is 24.3 Å². The van der Waals surface area contributed by atoms with Gasteiger partial charge in [-0.05, 0) is 23.3 Å². The fourth-order valence-electron chi connectivity index (χ4n) is 3.84. The van der Waals surface area contributed by atoms with Gasteiger partial charge in [0.15, 0.2) is 11.9 Å². The van der Waals surface area contributed by atoms with E-state index in [-0.39, 0.29) is 6.23 Å². The number of nitrogens with one attached hydrogen (secondary N) is 1. The van der Waals surface area contributed by atoms with Crippen molar-refractivity contribution in [1.29, 1.82) is 0 Å². The van der Waals surface area contributed by atoms with Crippen LogP contribution < -0.4 is 10.1 Å². The first-order valence-corrected chi connectivity index (χ1v) is 11.7. The van der Waals surface area contributed by atoms with Crippen LogP contribution in [0.4, 0.5) is 5.69 Å². The molecule has 0 spiro atoms. The Kier molecular flexibility index (Phi) is 5.71. The van der Waals surface area contributed by atoms with Crippen LogP contribution in [0.15, 0.2) is 71.9 Å². The van der Waals surface area contributed by atoms with Crippen molar-refractivity contribution in [3.8, 4) is 17.1 Å². The Balaban J connectivity index is 1.56. The van der Waals surface area contributed by atoms with E-state index in [2.05, 4.69) is 64.9 Å². The number of anilines is 1. The zero-order valence-electron chi connectivity index (χ0n) is 17.4. The summed E-state index contributed by atoms with van der Waals surface area (Å²) in [6.45, 7) is 2.21. The quantitative estimate of drug-likeness (QED) is 0.280. The summed E-state index contributed by atoms with van der Waals surface area (Å²) in [6.07, 6.45) is 3.17. The molecule has 0 bridgehead atoms. The summed E-state index contributed by atoms with van der Waals surface area (Å²) in [7, 11) is 0. The van der Waals surface area contributed by atoms with E-state index in [1.165, 1.54) is 18.2 Å². The maximum Gasteiger partial charge on any atom is 0.247 e. The lowest BCUT2D eigenvalue weighted by atomic mass is 10.0. The van der Waals surface area contributed by atoms with Crippen molar-refractivity contribution in [3.63, 3.8) is 0 Å². The minimum Gasteiger partial charge on any atom is -0.448 e. The zero-order valence-corrected chi connectivity index (χ0v) is 18.2. The van der Waals surface area contributed by atoms with Crippen molar-refractivity contribution in [3.05, 3.63) is 72.3 Å². The average molecular weight is 429 g/mol. The van der Waals surface area contributed by atoms with Gasteiger partial charge in [0.25, 0.3) is 0 Å². The Morgan fingerprint density at radius 2 is 1.77 bits per heavy atom. The van der Waals surface area contributed by atoms with E-state index >= 15 is 0 Å². The Labute approximate surface area is 186 Å². The van der Waals surface area contributed by atoms with Gasteiger partial charge in [0.2, 0.25) is 11.0 Å². The summed E-state index contributed by atoms with van der Waals surface area (Å²) < 4.78 is 6.46. The van der Waals surface area contributed by atoms with Gasteiger partial charge in [-0.1, -0.05) is 92.2 Å². The number of hydrogen-bond acceptors (Lipinski definition) is 6. The molecular formula is C25H24N4OS. The van der Waals surface area contributed by atoms with Crippen LogP contribution in [0.5, 0.6) is 5.88 Å². The van der Waals surface area contributed by atoms with Crippen molar-refractivity contribution in [2.75, 3.05) is 11.1 Å². The highest BCUT2D eigenvalue weighted by Gasteiger charge is 2.26. The van der Waals surface area contributed by atoms with Gasteiger partial charge in [-0.15, -0.1) is 10.2 Å². The Bertz CT molecular complexity index is 1210. The van der Waals surface area contributed by atoms with Crippen molar-refractivity contribution < 1.29 is 4.74 Å². The number of aromatic nitrogens is 3. The Morgan fingerprint density at radius 3 is 2.71 bits per heavy atom. The summed E-state index contributed by atoms with van der Waals surface area (Å²) in [5.41, 5.74) is 3.64. The molecule has 31 heavy (non-hydrogen) atoms. The van der Waals surface area contributed by atoms with Crippen LogP contribution in [0.3, 0.4) is 0 Å². The van der Waals surface area contributed by atoms with Crippen LogP contribution in [0.25, 0.3) is 22.0 Å². The van der Waals surface area contributed by atoms with Crippen molar-refractivity contribution in [1.82, 2.24) is 15.2 Å². The lowest BCUT2D eigenvalue weighted by molar-refractivity contribution is 0.226. The van der Waals surface area contributed by atoms with E-state index in [0.29, 0.717) is 16.7 Å². The largest absolute Gasteiger partial charge is 0.448 e. The number of unbranched alkanes of at least 4 members (excludes halogenated alkanes) is 2. The minimum absolute atomic E-state index is 0.386. The van der Waals surface area contributed by atoms with Gasteiger partial charge >= 0.3 is 0 Å². The van der Waals surface area contributed by atoms with Gasteiger partial charge in [-0.2, -0.15) is 4.98 Å². The summed E-state index contributed by atoms with van der Waals surface area (Å²) in [6, 6.07) is 22.7. The minimum atomic E-state index is -0.386. The van der Waals surface area contributed by atoms with Gasteiger partial charge in [-0.3, -0.25) is 0 Å². The van der Waals surface area contributed by atoms with Crippen molar-refractivity contribution >= 4 is 28.2 Å². The van der Waals surface area contributed by atoms with E-state index in [9.17, 15) is 0 Å². The topological polar surface area (TPSA) is 59.9 Å². The summed E-state index contributed by atoms with van der Waals surface area (Å²) >= 11 is 1.64. The molecule has 1 N–H and O–H groups in total.